The molecule has 0 unspecified atom stereocenters. The molecule has 0 aliphatic heterocycles. The monoisotopic (exact) mass is 269 g/mol. The van der Waals surface area contributed by atoms with E-state index in [1.807, 2.05) is 13.8 Å². The van der Waals surface area contributed by atoms with Crippen molar-refractivity contribution in [2.75, 3.05) is 33.5 Å². The highest BCUT2D eigenvalue weighted by atomic mass is 16.5. The van der Waals surface area contributed by atoms with Gasteiger partial charge in [0.1, 0.15) is 12.4 Å². The minimum atomic E-state index is 0.275. The number of methoxy groups -OCH3 is 1. The Morgan fingerprint density at radius 1 is 1.21 bits per heavy atom. The smallest absolute Gasteiger partial charge is 0.160 e. The van der Waals surface area contributed by atoms with Crippen LogP contribution in [0.3, 0.4) is 0 Å². The van der Waals surface area contributed by atoms with Crippen molar-refractivity contribution < 1.29 is 14.2 Å². The third kappa shape index (κ3) is 5.50. The van der Waals surface area contributed by atoms with Crippen LogP contribution in [0.1, 0.15) is 31.3 Å². The number of nitrogens with zero attached hydrogens (tertiary/aromatic N) is 2. The molecule has 0 aliphatic rings. The highest BCUT2D eigenvalue weighted by Crippen LogP contribution is 2.17. The first-order valence-corrected chi connectivity index (χ1v) is 6.44. The van der Waals surface area contributed by atoms with Crippen molar-refractivity contribution in [2.24, 2.45) is 5.73 Å². The number of nitrogens with two attached hydrogens (primary N) is 1. The maximum absolute atomic E-state index is 5.67. The molecule has 0 aromatic carbocycles. The van der Waals surface area contributed by atoms with Crippen molar-refractivity contribution in [3.8, 4) is 5.75 Å². The van der Waals surface area contributed by atoms with Gasteiger partial charge in [-0.2, -0.15) is 0 Å². The standard InChI is InChI=1S/C13H23N3O3/c1-10(2)13-15-9-12(11(8-14)16-13)19-7-6-18-5-4-17-3/h9-10H,4-8,14H2,1-3H3. The molecule has 0 atom stereocenters. The molecule has 19 heavy (non-hydrogen) atoms. The molecule has 1 aromatic rings. The second-order valence-corrected chi connectivity index (χ2v) is 4.35. The Balaban J connectivity index is 2.44. The molecule has 0 bridgehead atoms. The van der Waals surface area contributed by atoms with Crippen molar-refractivity contribution in [1.82, 2.24) is 9.97 Å². The van der Waals surface area contributed by atoms with Crippen molar-refractivity contribution in [1.29, 1.82) is 0 Å². The van der Waals surface area contributed by atoms with Gasteiger partial charge in [0.2, 0.25) is 0 Å². The Labute approximate surface area is 114 Å². The van der Waals surface area contributed by atoms with E-state index >= 15 is 0 Å². The number of hydrogen-bond donors (Lipinski definition) is 1. The Hall–Kier alpha value is -1.24. The molecule has 1 rings (SSSR count). The SMILES string of the molecule is COCCOCCOc1cnc(C(C)C)nc1CN. The molecule has 0 amide bonds. The third-order valence-electron chi connectivity index (χ3n) is 2.47. The normalized spacial score (nSPS) is 11.0. The largest absolute Gasteiger partial charge is 0.488 e. The van der Waals surface area contributed by atoms with Gasteiger partial charge in [0, 0.05) is 19.6 Å². The van der Waals surface area contributed by atoms with Gasteiger partial charge in [0.25, 0.3) is 0 Å². The predicted octanol–water partition coefficient (Wildman–Crippen LogP) is 1.10. The van der Waals surface area contributed by atoms with Crippen LogP contribution in [-0.2, 0) is 16.0 Å². The van der Waals surface area contributed by atoms with E-state index in [0.29, 0.717) is 38.7 Å². The van der Waals surface area contributed by atoms with Crippen LogP contribution >= 0.6 is 0 Å². The average Bonchev–Trinajstić information content (AvgIpc) is 2.42. The summed E-state index contributed by atoms with van der Waals surface area (Å²) in [7, 11) is 1.64. The molecule has 0 saturated carbocycles. The van der Waals surface area contributed by atoms with E-state index in [-0.39, 0.29) is 5.92 Å². The Morgan fingerprint density at radius 3 is 2.58 bits per heavy atom. The quantitative estimate of drug-likeness (QED) is 0.676. The van der Waals surface area contributed by atoms with Gasteiger partial charge in [-0.25, -0.2) is 9.97 Å². The lowest BCUT2D eigenvalue weighted by atomic mass is 10.2. The molecular weight excluding hydrogens is 246 g/mol. The average molecular weight is 269 g/mol. The number of hydrogen-bond acceptors (Lipinski definition) is 6. The second-order valence-electron chi connectivity index (χ2n) is 4.35. The molecule has 0 aliphatic carbocycles. The predicted molar refractivity (Wildman–Crippen MR) is 72.2 cm³/mol. The van der Waals surface area contributed by atoms with Crippen molar-refractivity contribution >= 4 is 0 Å². The Bertz CT molecular complexity index is 372. The van der Waals surface area contributed by atoms with Gasteiger partial charge in [0.15, 0.2) is 5.75 Å². The molecule has 0 fully saturated rings. The van der Waals surface area contributed by atoms with E-state index in [2.05, 4.69) is 9.97 Å². The van der Waals surface area contributed by atoms with E-state index in [9.17, 15) is 0 Å². The van der Waals surface area contributed by atoms with Crippen LogP contribution in [0.2, 0.25) is 0 Å². The van der Waals surface area contributed by atoms with E-state index < -0.39 is 0 Å². The van der Waals surface area contributed by atoms with Gasteiger partial charge < -0.3 is 19.9 Å². The summed E-state index contributed by atoms with van der Waals surface area (Å²) in [6.45, 7) is 6.51. The topological polar surface area (TPSA) is 79.5 Å². The highest BCUT2D eigenvalue weighted by Gasteiger charge is 2.09. The lowest BCUT2D eigenvalue weighted by Gasteiger charge is -2.12. The number of rotatable bonds is 9. The summed E-state index contributed by atoms with van der Waals surface area (Å²) in [6.07, 6.45) is 1.68. The van der Waals surface area contributed by atoms with E-state index in [0.717, 1.165) is 11.5 Å². The summed E-state index contributed by atoms with van der Waals surface area (Å²) in [5, 5.41) is 0. The van der Waals surface area contributed by atoms with E-state index in [1.54, 1.807) is 13.3 Å². The lowest BCUT2D eigenvalue weighted by molar-refractivity contribution is 0.0541. The zero-order valence-corrected chi connectivity index (χ0v) is 11.9. The summed E-state index contributed by atoms with van der Waals surface area (Å²) < 4.78 is 15.8. The Morgan fingerprint density at radius 2 is 1.95 bits per heavy atom. The molecule has 108 valence electrons. The first kappa shape index (κ1) is 15.8. The summed E-state index contributed by atoms with van der Waals surface area (Å²) >= 11 is 0. The fourth-order valence-corrected chi connectivity index (χ4v) is 1.42. The minimum Gasteiger partial charge on any atom is -0.488 e. The van der Waals surface area contributed by atoms with Crippen LogP contribution in [0.15, 0.2) is 6.20 Å². The minimum absolute atomic E-state index is 0.275. The van der Waals surface area contributed by atoms with E-state index in [4.69, 9.17) is 19.9 Å². The van der Waals surface area contributed by atoms with Gasteiger partial charge in [0.05, 0.1) is 31.7 Å². The van der Waals surface area contributed by atoms with Gasteiger partial charge in [-0.1, -0.05) is 13.8 Å². The first-order valence-electron chi connectivity index (χ1n) is 6.44. The maximum Gasteiger partial charge on any atom is 0.160 e. The van der Waals surface area contributed by atoms with Gasteiger partial charge in [-0.15, -0.1) is 0 Å². The van der Waals surface area contributed by atoms with Crippen LogP contribution in [0.4, 0.5) is 0 Å². The Kier molecular flexibility index (Phi) is 7.32. The van der Waals surface area contributed by atoms with Crippen LogP contribution in [0.5, 0.6) is 5.75 Å². The summed E-state index contributed by atoms with van der Waals surface area (Å²) in [6, 6.07) is 0. The fraction of sp³-hybridized carbons (Fsp3) is 0.692. The molecule has 0 saturated heterocycles. The van der Waals surface area contributed by atoms with Crippen molar-refractivity contribution in [3.05, 3.63) is 17.7 Å². The molecule has 0 radical (unpaired) electrons. The highest BCUT2D eigenvalue weighted by molar-refractivity contribution is 5.25. The number of ether oxygens (including phenoxy) is 3. The van der Waals surface area contributed by atoms with Crippen molar-refractivity contribution in [3.63, 3.8) is 0 Å². The van der Waals surface area contributed by atoms with Gasteiger partial charge >= 0.3 is 0 Å². The summed E-state index contributed by atoms with van der Waals surface area (Å²) in [5.41, 5.74) is 6.40. The number of aromatic nitrogens is 2. The zero-order chi connectivity index (χ0) is 14.1. The molecule has 6 heteroatoms. The second kappa shape index (κ2) is 8.79. The molecule has 6 nitrogen and oxygen atoms in total. The summed E-state index contributed by atoms with van der Waals surface area (Å²) in [5.74, 6) is 1.68. The lowest BCUT2D eigenvalue weighted by Crippen LogP contribution is -2.13. The van der Waals surface area contributed by atoms with Crippen molar-refractivity contribution in [2.45, 2.75) is 26.3 Å². The van der Waals surface area contributed by atoms with Gasteiger partial charge in [-0.3, -0.25) is 0 Å². The molecule has 0 spiro atoms. The maximum atomic E-state index is 5.67. The summed E-state index contributed by atoms with van der Waals surface area (Å²) in [4.78, 5) is 8.66. The molecule has 1 aromatic heterocycles. The van der Waals surface area contributed by atoms with Crippen LogP contribution < -0.4 is 10.5 Å². The van der Waals surface area contributed by atoms with Gasteiger partial charge in [-0.05, 0) is 0 Å². The van der Waals surface area contributed by atoms with E-state index in [1.165, 1.54) is 0 Å². The zero-order valence-electron chi connectivity index (χ0n) is 11.9. The molecule has 1 heterocycles. The third-order valence-corrected chi connectivity index (χ3v) is 2.47. The molecule has 2 N–H and O–H groups in total. The van der Waals surface area contributed by atoms with Crippen LogP contribution in [0.25, 0.3) is 0 Å². The molecular formula is C13H23N3O3. The fourth-order valence-electron chi connectivity index (χ4n) is 1.42. The van der Waals surface area contributed by atoms with Crippen LogP contribution in [-0.4, -0.2) is 43.5 Å². The van der Waals surface area contributed by atoms with Crippen LogP contribution in [0, 0.1) is 0 Å². The first-order chi connectivity index (χ1) is 9.19.